The minimum absolute atomic E-state index is 0.103. The number of benzene rings is 1. The lowest BCUT2D eigenvalue weighted by atomic mass is 9.59. The second kappa shape index (κ2) is 8.86. The average Bonchev–Trinajstić information content (AvgIpc) is 2.83. The van der Waals surface area contributed by atoms with Crippen molar-refractivity contribution in [1.29, 1.82) is 0 Å². The van der Waals surface area contributed by atoms with Crippen molar-refractivity contribution >= 4 is 28.9 Å². The van der Waals surface area contributed by atoms with Gasteiger partial charge in [0.1, 0.15) is 22.8 Å². The van der Waals surface area contributed by atoms with Crippen LogP contribution < -0.4 is 10.6 Å². The Morgan fingerprint density at radius 3 is 2.49 bits per heavy atom. The number of aromatic hydroxyl groups is 1. The molecule has 0 aromatic heterocycles. The van der Waals surface area contributed by atoms with Gasteiger partial charge in [-0.25, -0.2) is 0 Å². The molecule has 1 saturated carbocycles. The molecule has 2 fully saturated rings. The lowest BCUT2D eigenvalue weighted by Crippen LogP contribution is -2.58. The minimum Gasteiger partial charge on any atom is -0.508 e. The maximum absolute atomic E-state index is 13.7. The molecule has 0 bridgehead atoms. The molecule has 3 atom stereocenters. The van der Waals surface area contributed by atoms with E-state index in [1.54, 1.807) is 0 Å². The van der Waals surface area contributed by atoms with Crippen LogP contribution in [0.1, 0.15) is 29.5 Å². The average molecular weight is 514 g/mol. The van der Waals surface area contributed by atoms with E-state index in [0.29, 0.717) is 44.0 Å². The topological polar surface area (TPSA) is 174 Å². The van der Waals surface area contributed by atoms with Gasteiger partial charge in [0.15, 0.2) is 11.4 Å². The van der Waals surface area contributed by atoms with Crippen LogP contribution in [0.2, 0.25) is 0 Å². The predicted molar refractivity (Wildman–Crippen MR) is 132 cm³/mol. The Hall–Kier alpha value is -3.41. The van der Waals surface area contributed by atoms with Gasteiger partial charge in [-0.3, -0.25) is 19.3 Å². The lowest BCUT2D eigenvalue weighted by Gasteiger charge is -2.46. The number of nitrogens with zero attached hydrogens (tertiary/aromatic N) is 2. The zero-order valence-electron chi connectivity index (χ0n) is 20.8. The van der Waals surface area contributed by atoms with Gasteiger partial charge in [0.05, 0.1) is 18.8 Å². The number of aliphatic hydroxyl groups excluding tert-OH is 2. The highest BCUT2D eigenvalue weighted by atomic mass is 16.5. The fourth-order valence-corrected chi connectivity index (χ4v) is 6.24. The van der Waals surface area contributed by atoms with Crippen molar-refractivity contribution in [3.8, 4) is 5.75 Å². The van der Waals surface area contributed by atoms with Crippen LogP contribution in [0.3, 0.4) is 0 Å². The van der Waals surface area contributed by atoms with Crippen LogP contribution in [-0.2, 0) is 32.1 Å². The summed E-state index contributed by atoms with van der Waals surface area (Å²) in [5.74, 6) is -6.23. The number of carbonyl (C=O) groups excluding carboxylic acids is 3. The number of aliphatic hydroxyl groups is 3. The summed E-state index contributed by atoms with van der Waals surface area (Å²) in [5, 5.41) is 44.9. The number of morpholine rings is 1. The quantitative estimate of drug-likeness (QED) is 0.353. The molecule has 11 nitrogen and oxygen atoms in total. The maximum atomic E-state index is 13.7. The number of Topliss-reactive ketones (excluding diaryl/α,β-unsaturated/α-hetero) is 2. The third-order valence-electron chi connectivity index (χ3n) is 8.10. The summed E-state index contributed by atoms with van der Waals surface area (Å²) in [7, 11) is 3.69. The first-order valence-corrected chi connectivity index (χ1v) is 12.3. The van der Waals surface area contributed by atoms with Gasteiger partial charge in [0, 0.05) is 62.9 Å². The number of ketones is 2. The zero-order valence-corrected chi connectivity index (χ0v) is 20.8. The van der Waals surface area contributed by atoms with E-state index in [9.17, 15) is 34.8 Å². The van der Waals surface area contributed by atoms with Gasteiger partial charge in [-0.1, -0.05) is 0 Å². The van der Waals surface area contributed by atoms with Crippen LogP contribution in [0.5, 0.6) is 5.75 Å². The zero-order chi connectivity index (χ0) is 26.8. The predicted octanol–water partition coefficient (Wildman–Crippen LogP) is 0.322. The van der Waals surface area contributed by atoms with E-state index in [0.717, 1.165) is 5.69 Å². The molecule has 1 aliphatic heterocycles. The summed E-state index contributed by atoms with van der Waals surface area (Å²) >= 11 is 0. The summed E-state index contributed by atoms with van der Waals surface area (Å²) in [6.07, 6.45) is 0.0334. The molecule has 3 aliphatic carbocycles. The normalized spacial score (nSPS) is 28.1. The van der Waals surface area contributed by atoms with E-state index in [2.05, 4.69) is 4.90 Å². The first-order valence-electron chi connectivity index (χ1n) is 12.3. The summed E-state index contributed by atoms with van der Waals surface area (Å²) in [4.78, 5) is 42.0. The minimum atomic E-state index is -2.57. The number of hydrogen-bond donors (Lipinski definition) is 5. The van der Waals surface area contributed by atoms with Crippen LogP contribution in [0.4, 0.5) is 5.69 Å². The first-order chi connectivity index (χ1) is 17.5. The second-order valence-corrected chi connectivity index (χ2v) is 10.4. The SMILES string of the molecule is CN(C)c1cc(CN2CCOCC2)c(O)c2c1CC1CC3CC(=O)C(C(N)=O)=C(O)C3(O)C(=O)C1=C2O. The standard InChI is InChI=1S/C26H31N3O8/c1-28(2)16-9-13(11-29-3-5-37-6-4-29)21(31)19-15(16)8-12-7-14-10-17(30)20(25(27)35)24(34)26(14,36)23(33)18(12)22(19)32/h9,12,14,31-32,34,36H,3-8,10-11H2,1-2H3,(H2,27,35). The van der Waals surface area contributed by atoms with E-state index in [4.69, 9.17) is 10.5 Å². The number of fused-ring (bicyclic) bond motifs is 3. The molecule has 3 unspecified atom stereocenters. The summed E-state index contributed by atoms with van der Waals surface area (Å²) in [6, 6.07) is 1.88. The monoisotopic (exact) mass is 513 g/mol. The molecule has 37 heavy (non-hydrogen) atoms. The van der Waals surface area contributed by atoms with Gasteiger partial charge in [-0.15, -0.1) is 0 Å². The van der Waals surface area contributed by atoms with E-state index in [-0.39, 0.29) is 36.1 Å². The molecular weight excluding hydrogens is 482 g/mol. The molecule has 1 aromatic rings. The fraction of sp³-hybridized carbons (Fsp3) is 0.500. The van der Waals surface area contributed by atoms with Gasteiger partial charge in [0.2, 0.25) is 5.78 Å². The molecule has 11 heteroatoms. The van der Waals surface area contributed by atoms with Gasteiger partial charge >= 0.3 is 0 Å². The molecule has 5 rings (SSSR count). The molecule has 6 N–H and O–H groups in total. The van der Waals surface area contributed by atoms with Crippen LogP contribution in [-0.4, -0.2) is 88.8 Å². The number of anilines is 1. The number of primary amides is 1. The summed E-state index contributed by atoms with van der Waals surface area (Å²) in [6.45, 7) is 2.92. The molecule has 4 aliphatic rings. The number of phenolic OH excluding ortho intramolecular Hbond substituents is 1. The Balaban J connectivity index is 1.66. The molecule has 0 radical (unpaired) electrons. The van der Waals surface area contributed by atoms with Crippen molar-refractivity contribution in [3.05, 3.63) is 39.7 Å². The van der Waals surface area contributed by atoms with Crippen LogP contribution in [0, 0.1) is 11.8 Å². The number of phenols is 1. The summed E-state index contributed by atoms with van der Waals surface area (Å²) < 4.78 is 5.40. The van der Waals surface area contributed by atoms with E-state index < -0.39 is 52.0 Å². The Kier molecular flexibility index (Phi) is 6.05. The van der Waals surface area contributed by atoms with Crippen molar-refractivity contribution in [2.75, 3.05) is 45.3 Å². The number of ether oxygens (including phenoxy) is 1. The smallest absolute Gasteiger partial charge is 0.255 e. The van der Waals surface area contributed by atoms with Crippen molar-refractivity contribution in [2.45, 2.75) is 31.4 Å². The first kappa shape index (κ1) is 25.2. The number of nitrogens with two attached hydrogens (primary N) is 1. The molecule has 0 spiro atoms. The number of rotatable bonds is 4. The Morgan fingerprint density at radius 1 is 1.19 bits per heavy atom. The molecule has 1 amide bonds. The summed E-state index contributed by atoms with van der Waals surface area (Å²) in [5.41, 5.74) is 3.84. The molecule has 1 aromatic carbocycles. The van der Waals surface area contributed by atoms with Gasteiger partial charge in [0.25, 0.3) is 5.91 Å². The molecule has 1 saturated heterocycles. The highest BCUT2D eigenvalue weighted by Crippen LogP contribution is 2.53. The maximum Gasteiger partial charge on any atom is 0.255 e. The number of hydrogen-bond acceptors (Lipinski definition) is 10. The van der Waals surface area contributed by atoms with Crippen molar-refractivity contribution in [2.24, 2.45) is 17.6 Å². The molecule has 1 heterocycles. The second-order valence-electron chi connectivity index (χ2n) is 10.4. The van der Waals surface area contributed by atoms with E-state index >= 15 is 0 Å². The third-order valence-corrected chi connectivity index (χ3v) is 8.10. The number of amides is 1. The molecular formula is C26H31N3O8. The van der Waals surface area contributed by atoms with Crippen LogP contribution in [0.25, 0.3) is 5.76 Å². The third kappa shape index (κ3) is 3.72. The van der Waals surface area contributed by atoms with Gasteiger partial charge < -0.3 is 35.8 Å². The van der Waals surface area contributed by atoms with Crippen molar-refractivity contribution in [1.82, 2.24) is 4.90 Å². The molecule has 198 valence electrons. The van der Waals surface area contributed by atoms with Gasteiger partial charge in [-0.05, 0) is 30.4 Å². The van der Waals surface area contributed by atoms with Gasteiger partial charge in [-0.2, -0.15) is 0 Å². The van der Waals surface area contributed by atoms with E-state index in [1.807, 2.05) is 25.1 Å². The largest absolute Gasteiger partial charge is 0.508 e. The Morgan fingerprint density at radius 2 is 1.86 bits per heavy atom. The Labute approximate surface area is 213 Å². The lowest BCUT2D eigenvalue weighted by molar-refractivity contribution is -0.147. The van der Waals surface area contributed by atoms with E-state index in [1.165, 1.54) is 0 Å². The van der Waals surface area contributed by atoms with Crippen LogP contribution in [0.15, 0.2) is 23.0 Å². The van der Waals surface area contributed by atoms with Crippen molar-refractivity contribution < 1.29 is 39.5 Å². The number of carbonyl (C=O) groups is 3. The Bertz CT molecular complexity index is 1280. The van der Waals surface area contributed by atoms with Crippen LogP contribution >= 0.6 is 0 Å². The van der Waals surface area contributed by atoms with Crippen molar-refractivity contribution in [3.63, 3.8) is 0 Å². The fourth-order valence-electron chi connectivity index (χ4n) is 6.24. The highest BCUT2D eigenvalue weighted by molar-refractivity contribution is 6.22. The highest BCUT2D eigenvalue weighted by Gasteiger charge is 2.60.